The fraction of sp³-hybridized carbons (Fsp3) is 0.333. The molecule has 0 radical (unpaired) electrons. The maximum absolute atomic E-state index is 13.1. The van der Waals surface area contributed by atoms with Crippen LogP contribution in [0.5, 0.6) is 11.6 Å². The lowest BCUT2D eigenvalue weighted by atomic mass is 9.86. The number of pyridine rings is 1. The summed E-state index contributed by atoms with van der Waals surface area (Å²) in [7, 11) is 4.82. The van der Waals surface area contributed by atoms with Gasteiger partial charge in [0.15, 0.2) is 0 Å². The van der Waals surface area contributed by atoms with Gasteiger partial charge in [-0.2, -0.15) is 0 Å². The molecule has 1 spiro atoms. The number of nitrogens with zero attached hydrogens (tertiary/aromatic N) is 4. The Morgan fingerprint density at radius 3 is 2.50 bits per heavy atom. The van der Waals surface area contributed by atoms with Gasteiger partial charge in [0.25, 0.3) is 5.91 Å². The van der Waals surface area contributed by atoms with Gasteiger partial charge >= 0.3 is 6.03 Å². The highest BCUT2D eigenvalue weighted by atomic mass is 35.5. The zero-order valence-corrected chi connectivity index (χ0v) is 27.0. The highest BCUT2D eigenvalue weighted by Gasteiger charge is 2.51. The van der Waals surface area contributed by atoms with E-state index in [1.54, 1.807) is 33.3 Å². The zero-order valence-electron chi connectivity index (χ0n) is 25.5. The van der Waals surface area contributed by atoms with Crippen molar-refractivity contribution < 1.29 is 23.9 Å². The predicted molar refractivity (Wildman–Crippen MR) is 174 cm³/mol. The van der Waals surface area contributed by atoms with Gasteiger partial charge in [0, 0.05) is 62.6 Å². The zero-order chi connectivity index (χ0) is 32.3. The second-order valence-electron chi connectivity index (χ2n) is 12.2. The lowest BCUT2D eigenvalue weighted by molar-refractivity contribution is -0.121. The summed E-state index contributed by atoms with van der Waals surface area (Å²) >= 11 is 13.9. The van der Waals surface area contributed by atoms with Gasteiger partial charge in [0.05, 0.1) is 57.8 Å². The van der Waals surface area contributed by atoms with Crippen LogP contribution in [0.4, 0.5) is 10.5 Å². The number of anilines is 1. The molecule has 0 bridgehead atoms. The van der Waals surface area contributed by atoms with Gasteiger partial charge in [-0.1, -0.05) is 53.5 Å². The molecule has 1 unspecified atom stereocenters. The monoisotopic (exact) mass is 662 g/mol. The Balaban J connectivity index is 1.16. The lowest BCUT2D eigenvalue weighted by Gasteiger charge is -2.50. The number of urea groups is 1. The Morgan fingerprint density at radius 2 is 1.80 bits per heavy atom. The third-order valence-electron chi connectivity index (χ3n) is 9.09. The van der Waals surface area contributed by atoms with Crippen LogP contribution in [0.3, 0.4) is 0 Å². The third kappa shape index (κ3) is 5.12. The van der Waals surface area contributed by atoms with E-state index in [1.165, 1.54) is 16.0 Å². The Hall–Kier alpha value is -4.32. The second-order valence-corrected chi connectivity index (χ2v) is 12.9. The van der Waals surface area contributed by atoms with E-state index in [4.69, 9.17) is 37.7 Å². The molecule has 4 aliphatic rings. The number of nitrogens with one attached hydrogen (secondary N) is 2. The molecule has 238 valence electrons. The van der Waals surface area contributed by atoms with Crippen LogP contribution < -0.4 is 20.1 Å². The smallest absolute Gasteiger partial charge is 0.323 e. The van der Waals surface area contributed by atoms with Gasteiger partial charge in [0.2, 0.25) is 11.8 Å². The first-order valence-electron chi connectivity index (χ1n) is 14.9. The van der Waals surface area contributed by atoms with E-state index in [-0.39, 0.29) is 36.0 Å². The van der Waals surface area contributed by atoms with E-state index < -0.39 is 0 Å². The first-order chi connectivity index (χ1) is 22.1. The number of benzene rings is 2. The SMILES string of the molecule is COc1nc(-c2cccc(-c3cccc(NC(=O)C4=CN(C)C(=O)N(C)C4)c3Cl)c2Cl)cc2c1C(N1CC3(CCC(=O)N3)C1)CO2. The van der Waals surface area contributed by atoms with Crippen molar-refractivity contribution in [1.29, 1.82) is 0 Å². The van der Waals surface area contributed by atoms with Crippen LogP contribution in [0.1, 0.15) is 24.4 Å². The number of halogens is 2. The molecule has 1 aromatic heterocycles. The fourth-order valence-electron chi connectivity index (χ4n) is 6.76. The largest absolute Gasteiger partial charge is 0.491 e. The van der Waals surface area contributed by atoms with Crippen LogP contribution in [0.25, 0.3) is 22.4 Å². The molecule has 2 aromatic carbocycles. The topological polar surface area (TPSA) is 116 Å². The quantitative estimate of drug-likeness (QED) is 0.384. The predicted octanol–water partition coefficient (Wildman–Crippen LogP) is 4.95. The van der Waals surface area contributed by atoms with Gasteiger partial charge in [-0.15, -0.1) is 0 Å². The van der Waals surface area contributed by atoms with E-state index in [9.17, 15) is 14.4 Å². The minimum Gasteiger partial charge on any atom is -0.491 e. The van der Waals surface area contributed by atoms with Crippen LogP contribution >= 0.6 is 23.2 Å². The summed E-state index contributed by atoms with van der Waals surface area (Å²) in [5.74, 6) is 0.896. The Kier molecular flexibility index (Phi) is 7.57. The number of carbonyl (C=O) groups excluding carboxylic acids is 3. The first kappa shape index (κ1) is 30.3. The summed E-state index contributed by atoms with van der Waals surface area (Å²) in [6.45, 7) is 2.16. The number of hydrogen-bond acceptors (Lipinski definition) is 7. The van der Waals surface area contributed by atoms with Gasteiger partial charge in [-0.05, 0) is 12.5 Å². The fourth-order valence-corrected chi connectivity index (χ4v) is 7.36. The minimum absolute atomic E-state index is 0.0288. The molecule has 2 saturated heterocycles. The number of amides is 4. The number of hydrogen-bond donors (Lipinski definition) is 2. The van der Waals surface area contributed by atoms with Gasteiger partial charge in [0.1, 0.15) is 12.4 Å². The standard InChI is InChI=1S/C33H32Cl2N6O5/c1-39-13-18(14-40(2)32(39)44)30(43)36-22-9-5-7-20(29(22)35)19-6-4-8-21(28(19)34)23-12-25-27(31(37-23)45-3)24(15-46-25)41-16-33(17-41)11-10-26(42)38-33/h4-9,12-13,24H,10-11,14-17H2,1-3H3,(H,36,43)(H,38,42). The summed E-state index contributed by atoms with van der Waals surface area (Å²) in [5, 5.41) is 6.76. The number of aromatic nitrogens is 1. The number of ether oxygens (including phenoxy) is 2. The molecule has 46 heavy (non-hydrogen) atoms. The van der Waals surface area contributed by atoms with Gasteiger partial charge in [-0.25, -0.2) is 9.78 Å². The maximum atomic E-state index is 13.1. The van der Waals surface area contributed by atoms with Crippen molar-refractivity contribution in [3.63, 3.8) is 0 Å². The molecular formula is C33H32Cl2N6O5. The summed E-state index contributed by atoms with van der Waals surface area (Å²) in [6.07, 6.45) is 2.94. The van der Waals surface area contributed by atoms with E-state index in [0.717, 1.165) is 25.1 Å². The maximum Gasteiger partial charge on any atom is 0.323 e. The van der Waals surface area contributed by atoms with Crippen molar-refractivity contribution in [3.05, 3.63) is 69.8 Å². The van der Waals surface area contributed by atoms with Crippen molar-refractivity contribution in [3.8, 4) is 34.0 Å². The molecule has 11 nitrogen and oxygen atoms in total. The first-order valence-corrected chi connectivity index (χ1v) is 15.7. The van der Waals surface area contributed by atoms with Crippen LogP contribution in [0.15, 0.2) is 54.2 Å². The molecule has 2 N–H and O–H groups in total. The molecule has 13 heteroatoms. The van der Waals surface area contributed by atoms with Crippen LogP contribution in [-0.2, 0) is 9.59 Å². The molecule has 5 heterocycles. The van der Waals surface area contributed by atoms with E-state index in [1.807, 2.05) is 30.3 Å². The average molecular weight is 664 g/mol. The van der Waals surface area contributed by atoms with Crippen molar-refractivity contribution >= 4 is 46.7 Å². The molecule has 7 rings (SSSR count). The average Bonchev–Trinajstić information content (AvgIpc) is 3.63. The van der Waals surface area contributed by atoms with Gasteiger partial charge < -0.3 is 29.9 Å². The number of methoxy groups -OCH3 is 1. The number of likely N-dealkylation sites (N-methyl/N-ethyl adjacent to an activating group) is 1. The second kappa shape index (κ2) is 11.5. The summed E-state index contributed by atoms with van der Waals surface area (Å²) in [5.41, 5.74) is 4.11. The van der Waals surface area contributed by atoms with Crippen LogP contribution in [0, 0.1) is 0 Å². The summed E-state index contributed by atoms with van der Waals surface area (Å²) in [4.78, 5) is 47.0. The lowest BCUT2D eigenvalue weighted by Crippen LogP contribution is -2.67. The molecule has 4 amide bonds. The number of rotatable bonds is 6. The number of carbonyl (C=O) groups is 3. The van der Waals surface area contributed by atoms with E-state index >= 15 is 0 Å². The molecule has 0 aliphatic carbocycles. The molecule has 0 saturated carbocycles. The van der Waals surface area contributed by atoms with Crippen LogP contribution in [0.2, 0.25) is 10.0 Å². The molecule has 1 atom stereocenters. The highest BCUT2D eigenvalue weighted by Crippen LogP contribution is 2.48. The normalized spacial score (nSPS) is 20.2. The molecule has 2 fully saturated rings. The van der Waals surface area contributed by atoms with E-state index in [0.29, 0.717) is 68.3 Å². The summed E-state index contributed by atoms with van der Waals surface area (Å²) in [6, 6.07) is 12.6. The molecular weight excluding hydrogens is 631 g/mol. The van der Waals surface area contributed by atoms with E-state index in [2.05, 4.69) is 15.5 Å². The van der Waals surface area contributed by atoms with Crippen molar-refractivity contribution in [2.24, 2.45) is 0 Å². The number of fused-ring (bicyclic) bond motifs is 1. The Labute approximate surface area is 276 Å². The minimum atomic E-state index is -0.362. The van der Waals surface area contributed by atoms with Crippen molar-refractivity contribution in [2.45, 2.75) is 24.4 Å². The third-order valence-corrected chi connectivity index (χ3v) is 9.90. The van der Waals surface area contributed by atoms with Crippen molar-refractivity contribution in [2.75, 3.05) is 52.8 Å². The van der Waals surface area contributed by atoms with Crippen LogP contribution in [-0.4, -0.2) is 90.5 Å². The molecule has 3 aromatic rings. The summed E-state index contributed by atoms with van der Waals surface area (Å²) < 4.78 is 11.9. The Bertz CT molecular complexity index is 1820. The molecule has 4 aliphatic heterocycles. The van der Waals surface area contributed by atoms with Crippen molar-refractivity contribution in [1.82, 2.24) is 25.0 Å². The highest BCUT2D eigenvalue weighted by molar-refractivity contribution is 6.39. The Morgan fingerprint density at radius 1 is 1.09 bits per heavy atom. The number of likely N-dealkylation sites (tertiary alicyclic amines) is 1. The van der Waals surface area contributed by atoms with Gasteiger partial charge in [-0.3, -0.25) is 14.5 Å².